The Kier molecular flexibility index (Phi) is 4.99. The van der Waals surface area contributed by atoms with Crippen molar-refractivity contribution in [3.63, 3.8) is 0 Å². The van der Waals surface area contributed by atoms with E-state index < -0.39 is 0 Å². The number of carbonyl (C=O) groups excluding carboxylic acids is 1. The van der Waals surface area contributed by atoms with Crippen LogP contribution in [0.2, 0.25) is 0 Å². The summed E-state index contributed by atoms with van der Waals surface area (Å²) >= 11 is 0. The fourth-order valence-electron chi connectivity index (χ4n) is 3.26. The molecule has 0 saturated heterocycles. The predicted octanol–water partition coefficient (Wildman–Crippen LogP) is 4.36. The van der Waals surface area contributed by atoms with E-state index in [-0.39, 0.29) is 12.5 Å². The number of aryl methyl sites for hydroxylation is 3. The molecule has 29 heavy (non-hydrogen) atoms. The van der Waals surface area contributed by atoms with Crippen LogP contribution >= 0.6 is 0 Å². The van der Waals surface area contributed by atoms with E-state index in [1.807, 2.05) is 75.4 Å². The van der Waals surface area contributed by atoms with Crippen molar-refractivity contribution in [2.24, 2.45) is 0 Å². The lowest BCUT2D eigenvalue weighted by Gasteiger charge is -2.10. The molecule has 4 rings (SSSR count). The summed E-state index contributed by atoms with van der Waals surface area (Å²) in [6, 6.07) is 17.6. The maximum atomic E-state index is 12.3. The maximum Gasteiger partial charge on any atom is 0.262 e. The van der Waals surface area contributed by atoms with Gasteiger partial charge >= 0.3 is 0 Å². The molecule has 6 heteroatoms. The van der Waals surface area contributed by atoms with Crippen molar-refractivity contribution < 1.29 is 9.53 Å². The van der Waals surface area contributed by atoms with Gasteiger partial charge in [0.25, 0.3) is 5.91 Å². The minimum atomic E-state index is -0.237. The average Bonchev–Trinajstić information content (AvgIpc) is 3.04. The number of para-hydroxylation sites is 1. The fourth-order valence-corrected chi connectivity index (χ4v) is 3.26. The largest absolute Gasteiger partial charge is 0.483 e. The van der Waals surface area contributed by atoms with E-state index in [0.717, 1.165) is 33.5 Å². The standard InChI is InChI=1S/C23H22N4O2/c1-15-9-10-21(16(2)11-15)29-14-22(28)25-18-12-20-17(3)26-27(23(20)24-13-18)19-7-5-4-6-8-19/h4-13H,14H2,1-3H3,(H,25,28). The second kappa shape index (κ2) is 7.75. The van der Waals surface area contributed by atoms with Gasteiger partial charge in [-0.05, 0) is 50.6 Å². The lowest BCUT2D eigenvalue weighted by atomic mass is 10.1. The van der Waals surface area contributed by atoms with Gasteiger partial charge in [0.15, 0.2) is 12.3 Å². The molecular weight excluding hydrogens is 364 g/mol. The molecular formula is C23H22N4O2. The molecule has 0 bridgehead atoms. The third-order valence-electron chi connectivity index (χ3n) is 4.68. The second-order valence-electron chi connectivity index (χ2n) is 7.03. The Morgan fingerprint density at radius 1 is 1.07 bits per heavy atom. The number of carbonyl (C=O) groups is 1. The minimum Gasteiger partial charge on any atom is -0.483 e. The summed E-state index contributed by atoms with van der Waals surface area (Å²) in [6.45, 7) is 5.85. The molecule has 0 saturated carbocycles. The average molecular weight is 386 g/mol. The molecule has 0 unspecified atom stereocenters. The molecule has 146 valence electrons. The number of anilines is 1. The molecule has 0 fully saturated rings. The Morgan fingerprint density at radius 3 is 2.62 bits per heavy atom. The van der Waals surface area contributed by atoms with E-state index in [2.05, 4.69) is 15.4 Å². The summed E-state index contributed by atoms with van der Waals surface area (Å²) in [6.07, 6.45) is 1.64. The molecule has 0 radical (unpaired) electrons. The van der Waals surface area contributed by atoms with Crippen LogP contribution in [-0.2, 0) is 4.79 Å². The SMILES string of the molecule is Cc1ccc(OCC(=O)Nc2cnc3c(c2)c(C)nn3-c2ccccc2)c(C)c1. The highest BCUT2D eigenvalue weighted by Gasteiger charge is 2.12. The van der Waals surface area contributed by atoms with Crippen LogP contribution in [0.15, 0.2) is 60.8 Å². The molecule has 1 amide bonds. The lowest BCUT2D eigenvalue weighted by molar-refractivity contribution is -0.118. The summed E-state index contributed by atoms with van der Waals surface area (Å²) in [5, 5.41) is 8.33. The number of nitrogens with one attached hydrogen (secondary N) is 1. The van der Waals surface area contributed by atoms with Crippen LogP contribution in [0.25, 0.3) is 16.7 Å². The van der Waals surface area contributed by atoms with Crippen molar-refractivity contribution in [2.75, 3.05) is 11.9 Å². The van der Waals surface area contributed by atoms with Gasteiger partial charge in [0.1, 0.15) is 5.75 Å². The quantitative estimate of drug-likeness (QED) is 0.553. The van der Waals surface area contributed by atoms with Crippen LogP contribution in [0.3, 0.4) is 0 Å². The first-order valence-corrected chi connectivity index (χ1v) is 9.42. The summed E-state index contributed by atoms with van der Waals surface area (Å²) in [7, 11) is 0. The maximum absolute atomic E-state index is 12.3. The summed E-state index contributed by atoms with van der Waals surface area (Å²) < 4.78 is 7.46. The van der Waals surface area contributed by atoms with Crippen molar-refractivity contribution in [1.29, 1.82) is 0 Å². The van der Waals surface area contributed by atoms with Gasteiger partial charge < -0.3 is 10.1 Å². The van der Waals surface area contributed by atoms with Crippen molar-refractivity contribution >= 4 is 22.6 Å². The van der Waals surface area contributed by atoms with E-state index >= 15 is 0 Å². The highest BCUT2D eigenvalue weighted by molar-refractivity contribution is 5.94. The van der Waals surface area contributed by atoms with Gasteiger partial charge in [-0.25, -0.2) is 9.67 Å². The topological polar surface area (TPSA) is 69.0 Å². The molecule has 2 aromatic heterocycles. The normalized spacial score (nSPS) is 10.9. The first-order chi connectivity index (χ1) is 14.0. The van der Waals surface area contributed by atoms with E-state index in [1.54, 1.807) is 10.9 Å². The number of hydrogen-bond acceptors (Lipinski definition) is 4. The predicted molar refractivity (Wildman–Crippen MR) is 114 cm³/mol. The fraction of sp³-hybridized carbons (Fsp3) is 0.174. The summed E-state index contributed by atoms with van der Waals surface area (Å²) in [5.74, 6) is 0.471. The molecule has 0 aliphatic carbocycles. The molecule has 2 aromatic carbocycles. The molecule has 4 aromatic rings. The first kappa shape index (κ1) is 18.7. The van der Waals surface area contributed by atoms with Gasteiger partial charge in [-0.3, -0.25) is 4.79 Å². The Morgan fingerprint density at radius 2 is 1.86 bits per heavy atom. The van der Waals surface area contributed by atoms with Crippen LogP contribution in [-0.4, -0.2) is 27.3 Å². The van der Waals surface area contributed by atoms with Crippen LogP contribution in [0.5, 0.6) is 5.75 Å². The highest BCUT2D eigenvalue weighted by atomic mass is 16.5. The van der Waals surface area contributed by atoms with E-state index in [1.165, 1.54) is 0 Å². The van der Waals surface area contributed by atoms with E-state index in [4.69, 9.17) is 4.74 Å². The number of amides is 1. The lowest BCUT2D eigenvalue weighted by Crippen LogP contribution is -2.20. The Hall–Kier alpha value is -3.67. The monoisotopic (exact) mass is 386 g/mol. The van der Waals surface area contributed by atoms with Crippen LogP contribution in [0, 0.1) is 20.8 Å². The number of pyridine rings is 1. The molecule has 6 nitrogen and oxygen atoms in total. The molecule has 0 aliphatic rings. The van der Waals surface area contributed by atoms with E-state index in [9.17, 15) is 4.79 Å². The first-order valence-electron chi connectivity index (χ1n) is 9.42. The number of rotatable bonds is 5. The number of hydrogen-bond donors (Lipinski definition) is 1. The molecule has 2 heterocycles. The summed E-state index contributed by atoms with van der Waals surface area (Å²) in [5.41, 5.74) is 5.31. The minimum absolute atomic E-state index is 0.0653. The van der Waals surface area contributed by atoms with Gasteiger partial charge in [-0.2, -0.15) is 5.10 Å². The van der Waals surface area contributed by atoms with Crippen molar-refractivity contribution in [3.05, 3.63) is 77.6 Å². The smallest absolute Gasteiger partial charge is 0.262 e. The Bertz CT molecular complexity index is 1180. The van der Waals surface area contributed by atoms with Crippen LogP contribution in [0.1, 0.15) is 16.8 Å². The van der Waals surface area contributed by atoms with Crippen molar-refractivity contribution in [1.82, 2.24) is 14.8 Å². The third kappa shape index (κ3) is 3.96. The number of aromatic nitrogens is 3. The van der Waals surface area contributed by atoms with Crippen LogP contribution < -0.4 is 10.1 Å². The Balaban J connectivity index is 1.50. The zero-order chi connectivity index (χ0) is 20.4. The number of fused-ring (bicyclic) bond motifs is 1. The number of nitrogens with zero attached hydrogens (tertiary/aromatic N) is 3. The van der Waals surface area contributed by atoms with Crippen molar-refractivity contribution in [3.8, 4) is 11.4 Å². The molecule has 1 N–H and O–H groups in total. The highest BCUT2D eigenvalue weighted by Crippen LogP contribution is 2.23. The van der Waals surface area contributed by atoms with Gasteiger partial charge in [-0.15, -0.1) is 0 Å². The van der Waals surface area contributed by atoms with Gasteiger partial charge in [0.2, 0.25) is 0 Å². The van der Waals surface area contributed by atoms with Crippen molar-refractivity contribution in [2.45, 2.75) is 20.8 Å². The van der Waals surface area contributed by atoms with Gasteiger partial charge in [0, 0.05) is 5.39 Å². The van der Waals surface area contributed by atoms with Gasteiger partial charge in [0.05, 0.1) is 23.3 Å². The number of benzene rings is 2. The zero-order valence-electron chi connectivity index (χ0n) is 16.6. The zero-order valence-corrected chi connectivity index (χ0v) is 16.6. The Labute approximate surface area is 169 Å². The second-order valence-corrected chi connectivity index (χ2v) is 7.03. The van der Waals surface area contributed by atoms with E-state index in [0.29, 0.717) is 11.4 Å². The van der Waals surface area contributed by atoms with Gasteiger partial charge in [-0.1, -0.05) is 35.9 Å². The molecule has 0 spiro atoms. The summed E-state index contributed by atoms with van der Waals surface area (Å²) in [4.78, 5) is 16.8. The molecule has 0 atom stereocenters. The third-order valence-corrected chi connectivity index (χ3v) is 4.68. The molecule has 0 aliphatic heterocycles. The van der Waals surface area contributed by atoms with Crippen LogP contribution in [0.4, 0.5) is 5.69 Å². The number of ether oxygens (including phenoxy) is 1.